The Bertz CT molecular complexity index is 233. The molecule has 0 radical (unpaired) electrons. The number of aliphatic imine (C=N–C) groups is 1. The van der Waals surface area contributed by atoms with Gasteiger partial charge in [0.2, 0.25) is 0 Å². The van der Waals surface area contributed by atoms with E-state index >= 15 is 0 Å². The Morgan fingerprint density at radius 3 is 3.00 bits per heavy atom. The van der Waals surface area contributed by atoms with E-state index in [0.717, 1.165) is 6.42 Å². The van der Waals surface area contributed by atoms with Crippen molar-refractivity contribution in [2.45, 2.75) is 12.0 Å². The van der Waals surface area contributed by atoms with Crippen LogP contribution in [0.25, 0.3) is 0 Å². The monoisotopic (exact) mass is 147 g/mol. The van der Waals surface area contributed by atoms with Crippen molar-refractivity contribution in [3.8, 4) is 0 Å². The maximum absolute atomic E-state index is 5.44. The smallest absolute Gasteiger partial charge is 0.165 e. The van der Waals surface area contributed by atoms with Gasteiger partial charge in [0.1, 0.15) is 0 Å². The lowest BCUT2D eigenvalue weighted by molar-refractivity contribution is 0.135. The van der Waals surface area contributed by atoms with E-state index in [1.165, 1.54) is 0 Å². The van der Waals surface area contributed by atoms with Gasteiger partial charge < -0.3 is 4.74 Å². The molecule has 2 rings (SSSR count). The minimum absolute atomic E-state index is 0.288. The second-order valence-electron chi connectivity index (χ2n) is 2.63. The van der Waals surface area contributed by atoms with Gasteiger partial charge >= 0.3 is 0 Å². The molecule has 56 valence electrons. The Morgan fingerprint density at radius 1 is 1.36 bits per heavy atom. The fraction of sp³-hybridized carbons (Fsp3) is 0.222. The summed E-state index contributed by atoms with van der Waals surface area (Å²) in [5.41, 5.74) is -0.288. The summed E-state index contributed by atoms with van der Waals surface area (Å²) in [6, 6.07) is 0. The van der Waals surface area contributed by atoms with Gasteiger partial charge in [-0.15, -0.1) is 0 Å². The summed E-state index contributed by atoms with van der Waals surface area (Å²) in [4.78, 5) is 4.04. The Hall–Kier alpha value is -1.31. The molecule has 2 aliphatic rings. The molecule has 0 aliphatic carbocycles. The molecule has 0 saturated heterocycles. The van der Waals surface area contributed by atoms with Crippen LogP contribution in [0.4, 0.5) is 0 Å². The molecule has 2 aliphatic heterocycles. The zero-order valence-corrected chi connectivity index (χ0v) is 6.10. The highest BCUT2D eigenvalue weighted by molar-refractivity contribution is 5.74. The van der Waals surface area contributed by atoms with Gasteiger partial charge in [0, 0.05) is 12.6 Å². The predicted octanol–water partition coefficient (Wildman–Crippen LogP) is 1.81. The van der Waals surface area contributed by atoms with Crippen molar-refractivity contribution < 1.29 is 4.74 Å². The molecule has 0 saturated carbocycles. The first-order chi connectivity index (χ1) is 5.41. The summed E-state index contributed by atoms with van der Waals surface area (Å²) in [6.45, 7) is 0. The minimum atomic E-state index is -0.288. The van der Waals surface area contributed by atoms with Gasteiger partial charge in [-0.05, 0) is 12.2 Å². The molecular formula is C9H9NO. The van der Waals surface area contributed by atoms with E-state index < -0.39 is 0 Å². The molecule has 0 N–H and O–H groups in total. The van der Waals surface area contributed by atoms with Crippen LogP contribution in [0.1, 0.15) is 6.42 Å². The molecule has 0 aromatic rings. The van der Waals surface area contributed by atoms with Crippen molar-refractivity contribution in [2.75, 3.05) is 0 Å². The van der Waals surface area contributed by atoms with Gasteiger partial charge in [-0.3, -0.25) is 4.99 Å². The topological polar surface area (TPSA) is 21.6 Å². The Balaban J connectivity index is 2.24. The Kier molecular flexibility index (Phi) is 1.39. The predicted molar refractivity (Wildman–Crippen MR) is 44.3 cm³/mol. The van der Waals surface area contributed by atoms with Gasteiger partial charge in [0.15, 0.2) is 5.60 Å². The van der Waals surface area contributed by atoms with Crippen LogP contribution in [0.15, 0.2) is 41.8 Å². The van der Waals surface area contributed by atoms with Crippen LogP contribution in [0.2, 0.25) is 0 Å². The Labute approximate surface area is 65.6 Å². The van der Waals surface area contributed by atoms with Gasteiger partial charge in [-0.1, -0.05) is 12.2 Å². The molecule has 0 aromatic heterocycles. The standard InChI is InChI=1S/C9H9NO/c1-2-7-11-9(4-1)5-3-6-10-8-9/h1-4,6-8H,5H2. The van der Waals surface area contributed by atoms with Crippen LogP contribution in [0.3, 0.4) is 0 Å². The summed E-state index contributed by atoms with van der Waals surface area (Å²) in [6.07, 6.45) is 14.1. The molecule has 0 fully saturated rings. The van der Waals surface area contributed by atoms with Gasteiger partial charge in [-0.2, -0.15) is 0 Å². The summed E-state index contributed by atoms with van der Waals surface area (Å²) < 4.78 is 5.44. The zero-order valence-electron chi connectivity index (χ0n) is 6.10. The van der Waals surface area contributed by atoms with Crippen molar-refractivity contribution in [1.82, 2.24) is 0 Å². The first-order valence-corrected chi connectivity index (χ1v) is 3.63. The molecule has 11 heavy (non-hydrogen) atoms. The molecule has 0 aromatic carbocycles. The Morgan fingerprint density at radius 2 is 2.36 bits per heavy atom. The molecular weight excluding hydrogens is 138 g/mol. The average Bonchev–Trinajstić information content (AvgIpc) is 2.07. The normalized spacial score (nSPS) is 32.7. The number of hydrogen-bond acceptors (Lipinski definition) is 2. The quantitative estimate of drug-likeness (QED) is 0.512. The lowest BCUT2D eigenvalue weighted by atomic mass is 9.98. The van der Waals surface area contributed by atoms with Gasteiger partial charge in [0.05, 0.1) is 12.5 Å². The maximum atomic E-state index is 5.44. The summed E-state index contributed by atoms with van der Waals surface area (Å²) in [5, 5.41) is 0. The van der Waals surface area contributed by atoms with E-state index in [1.54, 1.807) is 12.5 Å². The number of hydrogen-bond donors (Lipinski definition) is 0. The van der Waals surface area contributed by atoms with Gasteiger partial charge in [0.25, 0.3) is 0 Å². The van der Waals surface area contributed by atoms with Crippen molar-refractivity contribution in [1.29, 1.82) is 0 Å². The molecule has 1 atom stereocenters. The van der Waals surface area contributed by atoms with Crippen molar-refractivity contribution in [3.05, 3.63) is 36.8 Å². The highest BCUT2D eigenvalue weighted by Crippen LogP contribution is 2.22. The third kappa shape index (κ3) is 1.11. The lowest BCUT2D eigenvalue weighted by Gasteiger charge is -2.27. The van der Waals surface area contributed by atoms with Crippen LogP contribution in [0, 0.1) is 0 Å². The minimum Gasteiger partial charge on any atom is -0.485 e. The average molecular weight is 147 g/mol. The number of nitrogens with zero attached hydrogens (tertiary/aromatic N) is 1. The van der Waals surface area contributed by atoms with Crippen LogP contribution in [-0.4, -0.2) is 11.8 Å². The van der Waals surface area contributed by atoms with E-state index in [0.29, 0.717) is 0 Å². The highest BCUT2D eigenvalue weighted by Gasteiger charge is 2.26. The largest absolute Gasteiger partial charge is 0.485 e. The second-order valence-corrected chi connectivity index (χ2v) is 2.63. The number of rotatable bonds is 0. The number of ether oxygens (including phenoxy) is 1. The molecule has 1 unspecified atom stereocenters. The number of allylic oxidation sites excluding steroid dienone is 2. The molecule has 2 heteroatoms. The first kappa shape index (κ1) is 6.40. The molecule has 0 bridgehead atoms. The first-order valence-electron chi connectivity index (χ1n) is 3.63. The second kappa shape index (κ2) is 2.38. The van der Waals surface area contributed by atoms with Crippen LogP contribution < -0.4 is 0 Å². The van der Waals surface area contributed by atoms with E-state index in [1.807, 2.05) is 30.5 Å². The fourth-order valence-corrected chi connectivity index (χ4v) is 1.18. The van der Waals surface area contributed by atoms with Crippen LogP contribution >= 0.6 is 0 Å². The molecule has 2 heterocycles. The maximum Gasteiger partial charge on any atom is 0.165 e. The van der Waals surface area contributed by atoms with E-state index in [9.17, 15) is 0 Å². The summed E-state index contributed by atoms with van der Waals surface area (Å²) in [7, 11) is 0. The van der Waals surface area contributed by atoms with Crippen molar-refractivity contribution >= 4 is 6.21 Å². The molecule has 0 amide bonds. The van der Waals surface area contributed by atoms with E-state index in [2.05, 4.69) is 4.99 Å². The lowest BCUT2D eigenvalue weighted by Crippen LogP contribution is -2.31. The van der Waals surface area contributed by atoms with Crippen LogP contribution in [-0.2, 0) is 4.74 Å². The van der Waals surface area contributed by atoms with E-state index in [-0.39, 0.29) is 5.60 Å². The van der Waals surface area contributed by atoms with E-state index in [4.69, 9.17) is 4.74 Å². The van der Waals surface area contributed by atoms with Gasteiger partial charge in [-0.25, -0.2) is 0 Å². The van der Waals surface area contributed by atoms with Crippen molar-refractivity contribution in [3.63, 3.8) is 0 Å². The summed E-state index contributed by atoms with van der Waals surface area (Å²) >= 11 is 0. The SMILES string of the molecule is C1=COC2(C=C1)C=NC=CC2. The zero-order chi connectivity index (χ0) is 7.57. The third-order valence-corrected chi connectivity index (χ3v) is 1.78. The third-order valence-electron chi connectivity index (χ3n) is 1.78. The van der Waals surface area contributed by atoms with Crippen molar-refractivity contribution in [2.24, 2.45) is 4.99 Å². The molecule has 2 nitrogen and oxygen atoms in total. The molecule has 1 spiro atoms. The van der Waals surface area contributed by atoms with Crippen LogP contribution in [0.5, 0.6) is 0 Å². The highest BCUT2D eigenvalue weighted by atomic mass is 16.5. The fourth-order valence-electron chi connectivity index (χ4n) is 1.18. The summed E-state index contributed by atoms with van der Waals surface area (Å²) in [5.74, 6) is 0.